The van der Waals surface area contributed by atoms with Gasteiger partial charge in [-0.2, -0.15) is 23.5 Å². The van der Waals surface area contributed by atoms with Crippen molar-refractivity contribution in [3.05, 3.63) is 35.4 Å². The first kappa shape index (κ1) is 14.2. The van der Waals surface area contributed by atoms with Crippen LogP contribution in [0.5, 0.6) is 0 Å². The summed E-state index contributed by atoms with van der Waals surface area (Å²) in [4.78, 5) is 0. The number of hydrogen-bond donors (Lipinski definition) is 1. The highest BCUT2D eigenvalue weighted by molar-refractivity contribution is 8.06. The van der Waals surface area contributed by atoms with Crippen LogP contribution in [-0.2, 0) is 6.42 Å². The second kappa shape index (κ2) is 6.78. The zero-order chi connectivity index (χ0) is 13.0. The first-order valence-corrected chi connectivity index (χ1v) is 8.22. The average Bonchev–Trinajstić information content (AvgIpc) is 2.40. The lowest BCUT2D eigenvalue weighted by Gasteiger charge is -2.29. The molecule has 0 aromatic heterocycles. The van der Waals surface area contributed by atoms with Crippen LogP contribution in [0.25, 0.3) is 0 Å². The van der Waals surface area contributed by atoms with E-state index in [1.165, 1.54) is 24.0 Å². The zero-order valence-corrected chi connectivity index (χ0v) is 11.9. The van der Waals surface area contributed by atoms with Gasteiger partial charge in [-0.15, -0.1) is 0 Å². The Morgan fingerprint density at radius 3 is 2.61 bits per heavy atom. The van der Waals surface area contributed by atoms with Crippen LogP contribution in [-0.4, -0.2) is 35.6 Å². The predicted molar refractivity (Wildman–Crippen MR) is 76.5 cm³/mol. The van der Waals surface area contributed by atoms with E-state index in [4.69, 9.17) is 0 Å². The van der Waals surface area contributed by atoms with Crippen LogP contribution in [0.2, 0.25) is 0 Å². The average molecular weight is 289 g/mol. The molecule has 0 bridgehead atoms. The molecule has 2 unspecified atom stereocenters. The Hall–Kier alpha value is -0.260. The molecule has 0 aliphatic carbocycles. The maximum atomic E-state index is 13.6. The molecule has 1 aromatic rings. The summed E-state index contributed by atoms with van der Waals surface area (Å²) in [6.07, 6.45) is 0.410. The van der Waals surface area contributed by atoms with E-state index in [0.717, 1.165) is 11.5 Å². The zero-order valence-electron chi connectivity index (χ0n) is 10.3. The second-order valence-electron chi connectivity index (χ2n) is 4.28. The third-order valence-corrected chi connectivity index (χ3v) is 6.07. The standard InChI is InChI=1S/C13H17F2NS2/c1-16-12(13-8-17-5-6-18-13)7-9-10(14)3-2-4-11(9)15/h2-4,12-13,16H,5-8H2,1H3. The van der Waals surface area contributed by atoms with E-state index in [9.17, 15) is 8.78 Å². The summed E-state index contributed by atoms with van der Waals surface area (Å²) < 4.78 is 27.3. The van der Waals surface area contributed by atoms with Gasteiger partial charge in [-0.25, -0.2) is 8.78 Å². The molecule has 2 rings (SSSR count). The van der Waals surface area contributed by atoms with Gasteiger partial charge in [0.25, 0.3) is 0 Å². The van der Waals surface area contributed by atoms with E-state index >= 15 is 0 Å². The number of hydrogen-bond acceptors (Lipinski definition) is 3. The van der Waals surface area contributed by atoms with E-state index in [1.54, 1.807) is 0 Å². The quantitative estimate of drug-likeness (QED) is 0.915. The van der Waals surface area contributed by atoms with Crippen molar-refractivity contribution in [3.63, 3.8) is 0 Å². The monoisotopic (exact) mass is 289 g/mol. The smallest absolute Gasteiger partial charge is 0.129 e. The summed E-state index contributed by atoms with van der Waals surface area (Å²) >= 11 is 3.82. The van der Waals surface area contributed by atoms with Crippen molar-refractivity contribution in [3.8, 4) is 0 Å². The maximum absolute atomic E-state index is 13.6. The van der Waals surface area contributed by atoms with Gasteiger partial charge in [0.1, 0.15) is 11.6 Å². The summed E-state index contributed by atoms with van der Waals surface area (Å²) in [5.41, 5.74) is 0.202. The Kier molecular flexibility index (Phi) is 5.33. The molecule has 0 saturated carbocycles. The molecule has 18 heavy (non-hydrogen) atoms. The Bertz CT molecular complexity index is 374. The minimum absolute atomic E-state index is 0.120. The van der Waals surface area contributed by atoms with Gasteiger partial charge in [0.05, 0.1) is 0 Å². The van der Waals surface area contributed by atoms with E-state index in [0.29, 0.717) is 11.7 Å². The first-order valence-electron chi connectivity index (χ1n) is 6.02. The SMILES string of the molecule is CNC(Cc1c(F)cccc1F)C1CSCCS1. The summed E-state index contributed by atoms with van der Waals surface area (Å²) in [6, 6.07) is 4.18. The number of likely N-dealkylation sites (N-methyl/N-ethyl adjacent to an activating group) is 1. The molecule has 1 aliphatic heterocycles. The van der Waals surface area contributed by atoms with Crippen molar-refractivity contribution < 1.29 is 8.78 Å². The molecular weight excluding hydrogens is 272 g/mol. The summed E-state index contributed by atoms with van der Waals surface area (Å²) in [5.74, 6) is 2.46. The predicted octanol–water partition coefficient (Wildman–Crippen LogP) is 2.94. The molecular formula is C13H17F2NS2. The molecule has 1 fully saturated rings. The topological polar surface area (TPSA) is 12.0 Å². The van der Waals surface area contributed by atoms with Crippen molar-refractivity contribution >= 4 is 23.5 Å². The molecule has 1 aromatic carbocycles. The fraction of sp³-hybridized carbons (Fsp3) is 0.538. The van der Waals surface area contributed by atoms with Crippen molar-refractivity contribution in [1.82, 2.24) is 5.32 Å². The highest BCUT2D eigenvalue weighted by Gasteiger charge is 2.25. The van der Waals surface area contributed by atoms with Crippen molar-refractivity contribution in [2.24, 2.45) is 0 Å². The number of thioether (sulfide) groups is 2. The van der Waals surface area contributed by atoms with Gasteiger partial charge in [-0.3, -0.25) is 0 Å². The Balaban J connectivity index is 2.09. The van der Waals surface area contributed by atoms with Crippen molar-refractivity contribution in [1.29, 1.82) is 0 Å². The molecule has 0 radical (unpaired) electrons. The van der Waals surface area contributed by atoms with Gasteiger partial charge in [0.15, 0.2) is 0 Å². The van der Waals surface area contributed by atoms with Crippen LogP contribution >= 0.6 is 23.5 Å². The number of benzene rings is 1. The first-order chi connectivity index (χ1) is 8.72. The summed E-state index contributed by atoms with van der Waals surface area (Å²) in [5, 5.41) is 3.63. The highest BCUT2D eigenvalue weighted by atomic mass is 32.2. The van der Waals surface area contributed by atoms with Gasteiger partial charge >= 0.3 is 0 Å². The molecule has 100 valence electrons. The van der Waals surface area contributed by atoms with Gasteiger partial charge < -0.3 is 5.32 Å². The Morgan fingerprint density at radius 1 is 1.33 bits per heavy atom. The lowest BCUT2D eigenvalue weighted by molar-refractivity contribution is 0.502. The molecule has 0 spiro atoms. The molecule has 1 aliphatic rings. The number of halogens is 2. The fourth-order valence-electron chi connectivity index (χ4n) is 2.10. The maximum Gasteiger partial charge on any atom is 0.129 e. The van der Waals surface area contributed by atoms with Crippen molar-refractivity contribution in [2.75, 3.05) is 24.3 Å². The minimum atomic E-state index is -0.441. The third kappa shape index (κ3) is 3.39. The normalized spacial score (nSPS) is 21.8. The molecule has 1 heterocycles. The molecule has 2 atom stereocenters. The fourth-order valence-corrected chi connectivity index (χ4v) is 5.03. The van der Waals surface area contributed by atoms with E-state index in [2.05, 4.69) is 5.32 Å². The van der Waals surface area contributed by atoms with Crippen LogP contribution in [0, 0.1) is 11.6 Å². The number of nitrogens with one attached hydrogen (secondary N) is 1. The van der Waals surface area contributed by atoms with Gasteiger partial charge in [-0.05, 0) is 25.6 Å². The van der Waals surface area contributed by atoms with Crippen molar-refractivity contribution in [2.45, 2.75) is 17.7 Å². The minimum Gasteiger partial charge on any atom is -0.316 e. The molecule has 5 heteroatoms. The molecule has 0 amide bonds. The Morgan fingerprint density at radius 2 is 2.06 bits per heavy atom. The van der Waals surface area contributed by atoms with E-state index in [-0.39, 0.29) is 11.6 Å². The lowest BCUT2D eigenvalue weighted by Crippen LogP contribution is -2.41. The van der Waals surface area contributed by atoms with E-state index in [1.807, 2.05) is 30.6 Å². The third-order valence-electron chi connectivity index (χ3n) is 3.15. The second-order valence-corrected chi connectivity index (χ2v) is 6.78. The van der Waals surface area contributed by atoms with Crippen LogP contribution in [0.3, 0.4) is 0 Å². The van der Waals surface area contributed by atoms with Gasteiger partial charge in [0.2, 0.25) is 0 Å². The van der Waals surface area contributed by atoms with Gasteiger partial charge in [0, 0.05) is 34.1 Å². The van der Waals surface area contributed by atoms with Gasteiger partial charge in [-0.1, -0.05) is 6.07 Å². The summed E-state index contributed by atoms with van der Waals surface area (Å²) in [6.45, 7) is 0. The largest absolute Gasteiger partial charge is 0.316 e. The molecule has 1 nitrogen and oxygen atoms in total. The number of rotatable bonds is 4. The van der Waals surface area contributed by atoms with Crippen LogP contribution in [0.15, 0.2) is 18.2 Å². The highest BCUT2D eigenvalue weighted by Crippen LogP contribution is 2.28. The van der Waals surface area contributed by atoms with Crippen LogP contribution < -0.4 is 5.32 Å². The summed E-state index contributed by atoms with van der Waals surface area (Å²) in [7, 11) is 1.86. The van der Waals surface area contributed by atoms with Crippen LogP contribution in [0.4, 0.5) is 8.78 Å². The lowest BCUT2D eigenvalue weighted by atomic mass is 10.0. The van der Waals surface area contributed by atoms with Crippen LogP contribution in [0.1, 0.15) is 5.56 Å². The molecule has 1 N–H and O–H groups in total. The van der Waals surface area contributed by atoms with E-state index < -0.39 is 11.6 Å². The Labute approximate surface area is 115 Å². The molecule has 1 saturated heterocycles.